The highest BCUT2D eigenvalue weighted by molar-refractivity contribution is 5.95. The van der Waals surface area contributed by atoms with Crippen LogP contribution in [0.4, 0.5) is 13.2 Å². The number of Topliss-reactive ketones (excluding diaryl/α,β-unsaturated/α-hetero) is 1. The fraction of sp³-hybridized carbons (Fsp3) is 0.176. The molecule has 134 valence electrons. The molecule has 0 fully saturated rings. The molecule has 0 saturated carbocycles. The average molecular weight is 363 g/mol. The van der Waals surface area contributed by atoms with Gasteiger partial charge >= 0.3 is 0 Å². The Morgan fingerprint density at radius 2 is 1.96 bits per heavy atom. The number of nitrogens with zero attached hydrogens (tertiary/aromatic N) is 3. The summed E-state index contributed by atoms with van der Waals surface area (Å²) in [5, 5.41) is 3.82. The standard InChI is InChI=1S/C17H12F3N3O3/c1-9(24)12-4-10(2-3-13(12)18)15-5-14(23-26-15)17-21-6-11(7-22-17)25-8-16(19)20/h2-7,16H,8H2,1H3. The molecule has 1 aromatic carbocycles. The summed E-state index contributed by atoms with van der Waals surface area (Å²) in [6.07, 6.45) is -0.112. The molecular weight excluding hydrogens is 351 g/mol. The predicted molar refractivity (Wildman–Crippen MR) is 84.4 cm³/mol. The van der Waals surface area contributed by atoms with Crippen molar-refractivity contribution in [2.75, 3.05) is 6.61 Å². The summed E-state index contributed by atoms with van der Waals surface area (Å²) in [7, 11) is 0. The first-order valence-corrected chi connectivity index (χ1v) is 7.45. The number of hydrogen-bond acceptors (Lipinski definition) is 6. The van der Waals surface area contributed by atoms with Gasteiger partial charge in [0.2, 0.25) is 0 Å². The van der Waals surface area contributed by atoms with Gasteiger partial charge in [0.05, 0.1) is 18.0 Å². The number of alkyl halides is 2. The van der Waals surface area contributed by atoms with Crippen molar-refractivity contribution in [1.29, 1.82) is 0 Å². The van der Waals surface area contributed by atoms with Crippen LogP contribution in [0.1, 0.15) is 17.3 Å². The van der Waals surface area contributed by atoms with Crippen LogP contribution in [0.25, 0.3) is 22.8 Å². The van der Waals surface area contributed by atoms with E-state index in [1.807, 2.05) is 0 Å². The summed E-state index contributed by atoms with van der Waals surface area (Å²) in [5.41, 5.74) is 0.693. The van der Waals surface area contributed by atoms with E-state index in [2.05, 4.69) is 15.1 Å². The molecule has 3 rings (SSSR count). The third-order valence-corrected chi connectivity index (χ3v) is 3.37. The Morgan fingerprint density at radius 3 is 2.62 bits per heavy atom. The van der Waals surface area contributed by atoms with Crippen LogP contribution in [-0.2, 0) is 0 Å². The van der Waals surface area contributed by atoms with Crippen LogP contribution in [0.15, 0.2) is 41.2 Å². The molecule has 0 unspecified atom stereocenters. The van der Waals surface area contributed by atoms with Crippen molar-refractivity contribution < 1.29 is 27.2 Å². The highest BCUT2D eigenvalue weighted by Gasteiger charge is 2.14. The molecule has 0 amide bonds. The summed E-state index contributed by atoms with van der Waals surface area (Å²) in [5.74, 6) is -0.444. The summed E-state index contributed by atoms with van der Waals surface area (Å²) in [6, 6.07) is 5.50. The maximum absolute atomic E-state index is 13.6. The van der Waals surface area contributed by atoms with Crippen LogP contribution in [-0.4, -0.2) is 33.9 Å². The zero-order valence-electron chi connectivity index (χ0n) is 13.4. The van der Waals surface area contributed by atoms with E-state index < -0.39 is 24.6 Å². The number of ether oxygens (including phenoxy) is 1. The summed E-state index contributed by atoms with van der Waals surface area (Å²) >= 11 is 0. The molecule has 0 saturated heterocycles. The largest absolute Gasteiger partial charge is 0.484 e. The number of carbonyl (C=O) groups is 1. The van der Waals surface area contributed by atoms with Crippen LogP contribution < -0.4 is 4.74 Å². The molecule has 0 N–H and O–H groups in total. The Hall–Kier alpha value is -3.23. The van der Waals surface area contributed by atoms with Crippen LogP contribution >= 0.6 is 0 Å². The van der Waals surface area contributed by atoms with Gasteiger partial charge in [-0.05, 0) is 25.1 Å². The second-order valence-corrected chi connectivity index (χ2v) is 5.27. The van der Waals surface area contributed by atoms with Crippen LogP contribution in [0.5, 0.6) is 5.75 Å². The minimum absolute atomic E-state index is 0.0581. The third-order valence-electron chi connectivity index (χ3n) is 3.37. The molecule has 3 aromatic rings. The van der Waals surface area contributed by atoms with E-state index >= 15 is 0 Å². The molecule has 0 atom stereocenters. The number of hydrogen-bond donors (Lipinski definition) is 0. The lowest BCUT2D eigenvalue weighted by molar-refractivity contribution is 0.0815. The number of ketones is 1. The lowest BCUT2D eigenvalue weighted by Gasteiger charge is -2.03. The van der Waals surface area contributed by atoms with E-state index in [-0.39, 0.29) is 22.8 Å². The molecule has 0 aliphatic rings. The first kappa shape index (κ1) is 17.6. The molecule has 0 bridgehead atoms. The van der Waals surface area contributed by atoms with Crippen molar-refractivity contribution in [3.8, 4) is 28.6 Å². The maximum atomic E-state index is 13.6. The predicted octanol–water partition coefficient (Wildman–Crippen LogP) is 3.78. The molecule has 26 heavy (non-hydrogen) atoms. The molecule has 0 radical (unpaired) electrons. The smallest absolute Gasteiger partial charge is 0.272 e. The third kappa shape index (κ3) is 3.88. The Morgan fingerprint density at radius 1 is 1.23 bits per heavy atom. The fourth-order valence-corrected chi connectivity index (χ4v) is 2.15. The maximum Gasteiger partial charge on any atom is 0.272 e. The molecular formula is C17H12F3N3O3. The minimum atomic E-state index is -2.59. The highest BCUT2D eigenvalue weighted by atomic mass is 19.3. The first-order valence-electron chi connectivity index (χ1n) is 7.45. The normalized spacial score (nSPS) is 11.0. The van der Waals surface area contributed by atoms with Crippen LogP contribution in [0.2, 0.25) is 0 Å². The van der Waals surface area contributed by atoms with Gasteiger partial charge in [-0.2, -0.15) is 0 Å². The van der Waals surface area contributed by atoms with Gasteiger partial charge in [-0.3, -0.25) is 4.79 Å². The number of carbonyl (C=O) groups excluding carboxylic acids is 1. The van der Waals surface area contributed by atoms with Gasteiger partial charge < -0.3 is 9.26 Å². The fourth-order valence-electron chi connectivity index (χ4n) is 2.15. The Bertz CT molecular complexity index is 927. The lowest BCUT2D eigenvalue weighted by Crippen LogP contribution is -2.07. The highest BCUT2D eigenvalue weighted by Crippen LogP contribution is 2.26. The van der Waals surface area contributed by atoms with Gasteiger partial charge in [0, 0.05) is 11.6 Å². The van der Waals surface area contributed by atoms with Crippen molar-refractivity contribution >= 4 is 5.78 Å². The summed E-state index contributed by atoms with van der Waals surface area (Å²) in [4.78, 5) is 19.4. The van der Waals surface area contributed by atoms with E-state index in [0.717, 1.165) is 0 Å². The van der Waals surface area contributed by atoms with E-state index in [4.69, 9.17) is 9.26 Å². The Labute approximate surface area is 145 Å². The number of aromatic nitrogens is 3. The second-order valence-electron chi connectivity index (χ2n) is 5.27. The van der Waals surface area contributed by atoms with Crippen molar-refractivity contribution in [3.63, 3.8) is 0 Å². The van der Waals surface area contributed by atoms with E-state index in [1.54, 1.807) is 0 Å². The first-order chi connectivity index (χ1) is 12.4. The average Bonchev–Trinajstić information content (AvgIpc) is 3.10. The van der Waals surface area contributed by atoms with Crippen LogP contribution in [0.3, 0.4) is 0 Å². The zero-order valence-corrected chi connectivity index (χ0v) is 13.4. The number of halogens is 3. The van der Waals surface area contributed by atoms with E-state index in [1.165, 1.54) is 43.6 Å². The van der Waals surface area contributed by atoms with Crippen LogP contribution in [0, 0.1) is 5.82 Å². The van der Waals surface area contributed by atoms with Crippen molar-refractivity contribution in [1.82, 2.24) is 15.1 Å². The number of rotatable bonds is 6. The lowest BCUT2D eigenvalue weighted by atomic mass is 10.1. The van der Waals surface area contributed by atoms with Gasteiger partial charge in [0.15, 0.2) is 28.8 Å². The van der Waals surface area contributed by atoms with Crippen molar-refractivity contribution in [2.45, 2.75) is 13.3 Å². The van der Waals surface area contributed by atoms with Gasteiger partial charge in [-0.15, -0.1) is 0 Å². The molecule has 0 spiro atoms. The van der Waals surface area contributed by atoms with Gasteiger partial charge in [-0.25, -0.2) is 23.1 Å². The molecule has 0 aliphatic carbocycles. The molecule has 2 heterocycles. The van der Waals surface area contributed by atoms with Gasteiger partial charge in [0.25, 0.3) is 6.43 Å². The topological polar surface area (TPSA) is 78.1 Å². The molecule has 2 aromatic heterocycles. The second kappa shape index (κ2) is 7.34. The van der Waals surface area contributed by atoms with Gasteiger partial charge in [0.1, 0.15) is 12.4 Å². The Balaban J connectivity index is 1.82. The summed E-state index contributed by atoms with van der Waals surface area (Å²) in [6.45, 7) is 0.513. The van der Waals surface area contributed by atoms with Crippen molar-refractivity contribution in [2.24, 2.45) is 0 Å². The molecule has 9 heteroatoms. The zero-order chi connectivity index (χ0) is 18.7. The molecule has 6 nitrogen and oxygen atoms in total. The Kier molecular flexibility index (Phi) is 4.97. The number of benzene rings is 1. The van der Waals surface area contributed by atoms with Crippen molar-refractivity contribution in [3.05, 3.63) is 48.0 Å². The minimum Gasteiger partial charge on any atom is -0.484 e. The summed E-state index contributed by atoms with van der Waals surface area (Å²) < 4.78 is 47.8. The van der Waals surface area contributed by atoms with E-state index in [9.17, 15) is 18.0 Å². The molecule has 0 aliphatic heterocycles. The van der Waals surface area contributed by atoms with Gasteiger partial charge in [-0.1, -0.05) is 5.16 Å². The quantitative estimate of drug-likeness (QED) is 0.620. The van der Waals surface area contributed by atoms with E-state index in [0.29, 0.717) is 11.3 Å². The monoisotopic (exact) mass is 363 g/mol. The SMILES string of the molecule is CC(=O)c1cc(-c2cc(-c3ncc(OCC(F)F)cn3)no2)ccc1F.